The van der Waals surface area contributed by atoms with Gasteiger partial charge in [-0.25, -0.2) is 0 Å². The van der Waals surface area contributed by atoms with Crippen molar-refractivity contribution in [3.63, 3.8) is 0 Å². The molecule has 0 aliphatic carbocycles. The third kappa shape index (κ3) is 1.50. The summed E-state index contributed by atoms with van der Waals surface area (Å²) >= 11 is 0. The molecular formula is C5H10NO2. The number of carboxylic acid groups (broad SMARTS) is 1. The molecule has 0 heterocycles. The van der Waals surface area contributed by atoms with Crippen LogP contribution in [0.5, 0.6) is 0 Å². The largest absolute Gasteiger partial charge is 0.480 e. The molecule has 0 bridgehead atoms. The van der Waals surface area contributed by atoms with E-state index in [1.54, 1.807) is 0 Å². The second-order valence-corrected chi connectivity index (χ2v) is 1.97. The summed E-state index contributed by atoms with van der Waals surface area (Å²) in [4.78, 5) is 10.1. The van der Waals surface area contributed by atoms with Crippen LogP contribution in [-0.2, 0) is 4.79 Å². The summed E-state index contributed by atoms with van der Waals surface area (Å²) in [7, 11) is 0. The summed E-state index contributed by atoms with van der Waals surface area (Å²) in [6.45, 7) is 4.81. The van der Waals surface area contributed by atoms with E-state index in [1.165, 1.54) is 6.92 Å². The van der Waals surface area contributed by atoms with Gasteiger partial charge in [0.15, 0.2) is 0 Å². The summed E-state index contributed by atoms with van der Waals surface area (Å²) in [5, 5.41) is 8.28. The molecule has 0 aliphatic heterocycles. The van der Waals surface area contributed by atoms with E-state index in [4.69, 9.17) is 10.8 Å². The van der Waals surface area contributed by atoms with Crippen LogP contribution in [0.25, 0.3) is 0 Å². The summed E-state index contributed by atoms with van der Waals surface area (Å²) < 4.78 is 0. The molecule has 0 aromatic heterocycles. The number of hydrogen-bond donors (Lipinski definition) is 2. The molecule has 0 aromatic carbocycles. The maximum Gasteiger partial charge on any atom is 0.323 e. The molecule has 0 amide bonds. The highest BCUT2D eigenvalue weighted by molar-refractivity contribution is 5.77. The van der Waals surface area contributed by atoms with Gasteiger partial charge in [0, 0.05) is 0 Å². The highest BCUT2D eigenvalue weighted by Gasteiger charge is 2.24. The fourth-order valence-corrected chi connectivity index (χ4v) is 0.107. The Balaban J connectivity index is 3.91. The normalized spacial score (nSPS) is 17.4. The second-order valence-electron chi connectivity index (χ2n) is 1.97. The van der Waals surface area contributed by atoms with Gasteiger partial charge in [-0.05, 0) is 13.3 Å². The van der Waals surface area contributed by atoms with Crippen molar-refractivity contribution >= 4 is 5.97 Å². The van der Waals surface area contributed by atoms with E-state index in [2.05, 4.69) is 6.92 Å². The van der Waals surface area contributed by atoms with Crippen molar-refractivity contribution in [3.8, 4) is 0 Å². The van der Waals surface area contributed by atoms with Crippen molar-refractivity contribution in [2.45, 2.75) is 18.9 Å². The Labute approximate surface area is 48.5 Å². The lowest BCUT2D eigenvalue weighted by Gasteiger charge is -2.14. The van der Waals surface area contributed by atoms with E-state index in [0.717, 1.165) is 0 Å². The van der Waals surface area contributed by atoms with Gasteiger partial charge in [-0.1, -0.05) is 6.92 Å². The molecule has 0 aliphatic rings. The van der Waals surface area contributed by atoms with Crippen LogP contribution in [0.15, 0.2) is 0 Å². The zero-order valence-corrected chi connectivity index (χ0v) is 4.85. The Morgan fingerprint density at radius 2 is 2.38 bits per heavy atom. The Morgan fingerprint density at radius 3 is 2.38 bits per heavy atom. The quantitative estimate of drug-likeness (QED) is 0.534. The van der Waals surface area contributed by atoms with Crippen molar-refractivity contribution in [1.29, 1.82) is 0 Å². The summed E-state index contributed by atoms with van der Waals surface area (Å²) in [6.07, 6.45) is 0.211. The van der Waals surface area contributed by atoms with Gasteiger partial charge in [0.05, 0.1) is 0 Å². The molecule has 0 rings (SSSR count). The molecule has 3 heteroatoms. The summed E-state index contributed by atoms with van der Waals surface area (Å²) in [5.74, 6) is -1.01. The van der Waals surface area contributed by atoms with E-state index >= 15 is 0 Å². The van der Waals surface area contributed by atoms with Gasteiger partial charge in [-0.3, -0.25) is 4.79 Å². The van der Waals surface area contributed by atoms with Crippen LogP contribution in [0.3, 0.4) is 0 Å². The van der Waals surface area contributed by atoms with Crippen LogP contribution >= 0.6 is 0 Å². The highest BCUT2D eigenvalue weighted by Crippen LogP contribution is 2.02. The van der Waals surface area contributed by atoms with Gasteiger partial charge in [-0.2, -0.15) is 0 Å². The van der Waals surface area contributed by atoms with Crippen molar-refractivity contribution in [1.82, 2.24) is 0 Å². The molecule has 1 unspecified atom stereocenters. The monoisotopic (exact) mass is 116 g/mol. The third-order valence-corrected chi connectivity index (χ3v) is 1.01. The lowest BCUT2D eigenvalue weighted by molar-refractivity contribution is -0.142. The highest BCUT2D eigenvalue weighted by atomic mass is 16.4. The molecule has 47 valence electrons. The molecule has 1 radical (unpaired) electrons. The smallest absolute Gasteiger partial charge is 0.323 e. The average Bonchev–Trinajstić information content (AvgIpc) is 1.67. The molecule has 0 saturated carbocycles. The SMILES string of the molecule is [CH2]CC(C)(N)C(=O)O. The average molecular weight is 116 g/mol. The van der Waals surface area contributed by atoms with Gasteiger partial charge < -0.3 is 10.8 Å². The molecular weight excluding hydrogens is 106 g/mol. The van der Waals surface area contributed by atoms with Gasteiger partial charge in [-0.15, -0.1) is 0 Å². The molecule has 3 nitrogen and oxygen atoms in total. The van der Waals surface area contributed by atoms with Crippen LogP contribution in [0.1, 0.15) is 13.3 Å². The number of carbonyl (C=O) groups is 1. The van der Waals surface area contributed by atoms with Crippen molar-refractivity contribution in [3.05, 3.63) is 6.92 Å². The summed E-state index contributed by atoms with van der Waals surface area (Å²) in [6, 6.07) is 0. The van der Waals surface area contributed by atoms with Crippen molar-refractivity contribution in [2.24, 2.45) is 5.73 Å². The standard InChI is InChI=1S/C5H10NO2/c1-3-5(2,6)4(7)8/h1,3,6H2,2H3,(H,7,8). The molecule has 0 spiro atoms. The maximum atomic E-state index is 10.1. The van der Waals surface area contributed by atoms with Crippen molar-refractivity contribution < 1.29 is 9.90 Å². The minimum atomic E-state index is -1.15. The zero-order chi connectivity index (χ0) is 6.78. The minimum Gasteiger partial charge on any atom is -0.480 e. The van der Waals surface area contributed by atoms with E-state index in [-0.39, 0.29) is 6.42 Å². The van der Waals surface area contributed by atoms with Crippen LogP contribution in [0.2, 0.25) is 0 Å². The number of carboxylic acids is 1. The first-order valence-electron chi connectivity index (χ1n) is 2.32. The fraction of sp³-hybridized carbons (Fsp3) is 0.600. The van der Waals surface area contributed by atoms with Gasteiger partial charge >= 0.3 is 5.97 Å². The molecule has 0 aromatic rings. The number of aliphatic carboxylic acids is 1. The third-order valence-electron chi connectivity index (χ3n) is 1.01. The fourth-order valence-electron chi connectivity index (χ4n) is 0.107. The Morgan fingerprint density at radius 1 is 2.00 bits per heavy atom. The Kier molecular flexibility index (Phi) is 1.98. The van der Waals surface area contributed by atoms with Crippen LogP contribution in [0.4, 0.5) is 0 Å². The second kappa shape index (κ2) is 2.13. The molecule has 8 heavy (non-hydrogen) atoms. The Hall–Kier alpha value is -0.570. The number of rotatable bonds is 2. The molecule has 0 saturated heterocycles. The molecule has 0 fully saturated rings. The first kappa shape index (κ1) is 7.43. The van der Waals surface area contributed by atoms with Gasteiger partial charge in [0.25, 0.3) is 0 Å². The topological polar surface area (TPSA) is 63.3 Å². The van der Waals surface area contributed by atoms with E-state index < -0.39 is 11.5 Å². The molecule has 3 N–H and O–H groups in total. The Bertz CT molecular complexity index is 98.6. The van der Waals surface area contributed by atoms with Crippen molar-refractivity contribution in [2.75, 3.05) is 0 Å². The van der Waals surface area contributed by atoms with Crippen LogP contribution in [0, 0.1) is 6.92 Å². The lowest BCUT2D eigenvalue weighted by atomic mass is 10.0. The summed E-state index contributed by atoms with van der Waals surface area (Å²) in [5.41, 5.74) is 4.04. The lowest BCUT2D eigenvalue weighted by Crippen LogP contribution is -2.43. The van der Waals surface area contributed by atoms with Gasteiger partial charge in [0.2, 0.25) is 0 Å². The van der Waals surface area contributed by atoms with E-state index in [9.17, 15) is 4.79 Å². The first-order valence-corrected chi connectivity index (χ1v) is 2.32. The predicted molar refractivity (Wildman–Crippen MR) is 30.2 cm³/mol. The van der Waals surface area contributed by atoms with E-state index in [0.29, 0.717) is 0 Å². The number of nitrogens with two attached hydrogens (primary N) is 1. The zero-order valence-electron chi connectivity index (χ0n) is 4.85. The van der Waals surface area contributed by atoms with E-state index in [1.807, 2.05) is 0 Å². The predicted octanol–water partition coefficient (Wildman–Crippen LogP) is 0.0126. The van der Waals surface area contributed by atoms with Crippen LogP contribution < -0.4 is 5.73 Å². The minimum absolute atomic E-state index is 0.211. The maximum absolute atomic E-state index is 10.1. The molecule has 1 atom stereocenters. The first-order chi connectivity index (χ1) is 3.50. The number of hydrogen-bond acceptors (Lipinski definition) is 2. The van der Waals surface area contributed by atoms with Crippen LogP contribution in [-0.4, -0.2) is 16.6 Å². The van der Waals surface area contributed by atoms with Gasteiger partial charge in [0.1, 0.15) is 5.54 Å².